The molecule has 0 radical (unpaired) electrons. The van der Waals surface area contributed by atoms with Crippen LogP contribution in [0.4, 0.5) is 5.69 Å². The molecule has 1 N–H and O–H groups in total. The van der Waals surface area contributed by atoms with Crippen LogP contribution in [0.25, 0.3) is 0 Å². The molecule has 1 saturated heterocycles. The molecule has 28 heavy (non-hydrogen) atoms. The van der Waals surface area contributed by atoms with Crippen molar-refractivity contribution in [3.8, 4) is 0 Å². The summed E-state index contributed by atoms with van der Waals surface area (Å²) < 4.78 is 0. The Kier molecular flexibility index (Phi) is 4.24. The standard InChI is InChI=1S/C20H22N2O6/c1-20(19(25)26)14-6-3-7-15(23)16(14)17(21(20)18(24)11-8-9-11)12-4-2-5-13(10-12)22(27)28/h2,4-5,10-11,14,16-17H,3,6-9H2,1H3,(H,25,26). The Morgan fingerprint density at radius 2 is 2.00 bits per heavy atom. The van der Waals surface area contributed by atoms with Crippen LogP contribution in [0.1, 0.15) is 50.6 Å². The van der Waals surface area contributed by atoms with E-state index >= 15 is 0 Å². The summed E-state index contributed by atoms with van der Waals surface area (Å²) in [5.74, 6) is -2.83. The number of amides is 1. The topological polar surface area (TPSA) is 118 Å². The SMILES string of the molecule is CC1(C(=O)O)C2CCCC(=O)C2C(c2cccc([N+](=O)[O-])c2)N1C(=O)C1CC1. The molecule has 4 rings (SSSR count). The van der Waals surface area contributed by atoms with Gasteiger partial charge in [0.2, 0.25) is 5.91 Å². The molecule has 1 aromatic rings. The maximum atomic E-state index is 13.2. The van der Waals surface area contributed by atoms with E-state index in [1.165, 1.54) is 30.0 Å². The molecule has 2 saturated carbocycles. The van der Waals surface area contributed by atoms with E-state index in [0.717, 1.165) is 0 Å². The highest BCUT2D eigenvalue weighted by Gasteiger charge is 2.65. The van der Waals surface area contributed by atoms with Crippen LogP contribution in [0.3, 0.4) is 0 Å². The van der Waals surface area contributed by atoms with Gasteiger partial charge in [-0.15, -0.1) is 0 Å². The van der Waals surface area contributed by atoms with Gasteiger partial charge in [-0.1, -0.05) is 12.1 Å². The second-order valence-corrected chi connectivity index (χ2v) is 8.22. The van der Waals surface area contributed by atoms with Gasteiger partial charge in [0.05, 0.1) is 11.0 Å². The van der Waals surface area contributed by atoms with E-state index in [2.05, 4.69) is 0 Å². The molecule has 8 heteroatoms. The molecule has 8 nitrogen and oxygen atoms in total. The Hall–Kier alpha value is -2.77. The quantitative estimate of drug-likeness (QED) is 0.628. The van der Waals surface area contributed by atoms with Crippen molar-refractivity contribution in [1.82, 2.24) is 4.90 Å². The lowest BCUT2D eigenvalue weighted by Crippen LogP contribution is -2.55. The minimum atomic E-state index is -1.50. The van der Waals surface area contributed by atoms with E-state index in [-0.39, 0.29) is 23.3 Å². The van der Waals surface area contributed by atoms with E-state index in [9.17, 15) is 29.6 Å². The maximum absolute atomic E-state index is 13.2. The summed E-state index contributed by atoms with van der Waals surface area (Å²) in [7, 11) is 0. The summed E-state index contributed by atoms with van der Waals surface area (Å²) in [4.78, 5) is 50.6. The van der Waals surface area contributed by atoms with E-state index < -0.39 is 34.3 Å². The number of non-ortho nitro benzene ring substituents is 1. The van der Waals surface area contributed by atoms with E-state index in [1.54, 1.807) is 6.07 Å². The Morgan fingerprint density at radius 1 is 1.29 bits per heavy atom. The van der Waals surface area contributed by atoms with Crippen molar-refractivity contribution in [2.45, 2.75) is 50.6 Å². The second-order valence-electron chi connectivity index (χ2n) is 8.22. The van der Waals surface area contributed by atoms with Gasteiger partial charge in [0.1, 0.15) is 11.3 Å². The third-order valence-electron chi connectivity index (χ3n) is 6.60. The molecular weight excluding hydrogens is 364 g/mol. The second kappa shape index (κ2) is 6.39. The van der Waals surface area contributed by atoms with Crippen LogP contribution in [0.5, 0.6) is 0 Å². The zero-order valence-corrected chi connectivity index (χ0v) is 15.5. The largest absolute Gasteiger partial charge is 0.479 e. The number of carboxylic acid groups (broad SMARTS) is 1. The number of aliphatic carboxylic acids is 1. The van der Waals surface area contributed by atoms with Gasteiger partial charge in [-0.05, 0) is 38.2 Å². The first kappa shape index (κ1) is 18.6. The van der Waals surface area contributed by atoms with Gasteiger partial charge in [-0.25, -0.2) is 4.79 Å². The summed E-state index contributed by atoms with van der Waals surface area (Å²) in [6.07, 6.45) is 2.88. The van der Waals surface area contributed by atoms with Crippen LogP contribution in [0, 0.1) is 27.9 Å². The first-order chi connectivity index (χ1) is 13.3. The Labute approximate surface area is 161 Å². The maximum Gasteiger partial charge on any atom is 0.329 e. The molecule has 2 aliphatic carbocycles. The number of ketones is 1. The fourth-order valence-corrected chi connectivity index (χ4v) is 5.06. The molecule has 0 bridgehead atoms. The number of rotatable bonds is 4. The molecule has 0 aromatic heterocycles. The highest BCUT2D eigenvalue weighted by Crippen LogP contribution is 2.56. The fraction of sp³-hybridized carbons (Fsp3) is 0.550. The molecule has 1 amide bonds. The highest BCUT2D eigenvalue weighted by molar-refractivity contribution is 5.94. The zero-order chi connectivity index (χ0) is 20.2. The lowest BCUT2D eigenvalue weighted by Gasteiger charge is -2.38. The van der Waals surface area contributed by atoms with Crippen LogP contribution in [0.2, 0.25) is 0 Å². The minimum absolute atomic E-state index is 0.0636. The van der Waals surface area contributed by atoms with Gasteiger partial charge >= 0.3 is 5.97 Å². The number of nitrogens with zero attached hydrogens (tertiary/aromatic N) is 2. The lowest BCUT2D eigenvalue weighted by molar-refractivity contribution is -0.385. The molecule has 1 aliphatic heterocycles. The molecule has 0 spiro atoms. The number of nitro benzene ring substituents is 1. The molecule has 1 aromatic carbocycles. The third-order valence-corrected chi connectivity index (χ3v) is 6.60. The summed E-state index contributed by atoms with van der Waals surface area (Å²) in [5, 5.41) is 21.4. The molecule has 3 fully saturated rings. The van der Waals surface area contributed by atoms with Crippen LogP contribution in [-0.4, -0.2) is 38.1 Å². The van der Waals surface area contributed by atoms with Crippen molar-refractivity contribution in [2.75, 3.05) is 0 Å². The number of Topliss-reactive ketones (excluding diaryl/α,β-unsaturated/α-hetero) is 1. The number of carbonyl (C=O) groups excluding carboxylic acids is 2. The van der Waals surface area contributed by atoms with Gasteiger partial charge in [-0.3, -0.25) is 19.7 Å². The molecule has 1 heterocycles. The predicted molar refractivity (Wildman–Crippen MR) is 97.3 cm³/mol. The Bertz CT molecular complexity index is 879. The van der Waals surface area contributed by atoms with Crippen molar-refractivity contribution >= 4 is 23.3 Å². The molecule has 148 valence electrons. The third kappa shape index (κ3) is 2.62. The number of fused-ring (bicyclic) bond motifs is 1. The average Bonchev–Trinajstić information content (AvgIpc) is 3.46. The van der Waals surface area contributed by atoms with E-state index in [1.807, 2.05) is 0 Å². The average molecular weight is 386 g/mol. The summed E-state index contributed by atoms with van der Waals surface area (Å²) in [6, 6.07) is 5.10. The first-order valence-electron chi connectivity index (χ1n) is 9.60. The fourth-order valence-electron chi connectivity index (χ4n) is 5.06. The number of hydrogen-bond acceptors (Lipinski definition) is 5. The van der Waals surface area contributed by atoms with Crippen molar-refractivity contribution in [1.29, 1.82) is 0 Å². The summed E-state index contributed by atoms with van der Waals surface area (Å²) in [6.45, 7) is 1.53. The molecule has 4 atom stereocenters. The minimum Gasteiger partial charge on any atom is -0.479 e. The Morgan fingerprint density at radius 3 is 2.61 bits per heavy atom. The zero-order valence-electron chi connectivity index (χ0n) is 15.5. The van der Waals surface area contributed by atoms with Gasteiger partial charge in [-0.2, -0.15) is 0 Å². The molecule has 4 unspecified atom stereocenters. The highest BCUT2D eigenvalue weighted by atomic mass is 16.6. The molecule has 3 aliphatic rings. The number of nitro groups is 1. The monoisotopic (exact) mass is 386 g/mol. The van der Waals surface area contributed by atoms with Crippen molar-refractivity contribution < 1.29 is 24.4 Å². The van der Waals surface area contributed by atoms with Gasteiger partial charge in [0.15, 0.2) is 0 Å². The molecular formula is C20H22N2O6. The summed E-state index contributed by atoms with van der Waals surface area (Å²) in [5.41, 5.74) is -1.19. The van der Waals surface area contributed by atoms with Gasteiger partial charge in [0, 0.05) is 36.3 Å². The van der Waals surface area contributed by atoms with Crippen LogP contribution in [0.15, 0.2) is 24.3 Å². The van der Waals surface area contributed by atoms with Crippen LogP contribution >= 0.6 is 0 Å². The summed E-state index contributed by atoms with van der Waals surface area (Å²) >= 11 is 0. The normalized spacial score (nSPS) is 32.1. The van der Waals surface area contributed by atoms with Crippen LogP contribution in [-0.2, 0) is 14.4 Å². The Balaban J connectivity index is 1.90. The smallest absolute Gasteiger partial charge is 0.329 e. The van der Waals surface area contributed by atoms with Crippen molar-refractivity contribution in [2.24, 2.45) is 17.8 Å². The lowest BCUT2D eigenvalue weighted by atomic mass is 9.70. The number of carboxylic acids is 1. The predicted octanol–water partition coefficient (Wildman–Crippen LogP) is 2.72. The van der Waals surface area contributed by atoms with Gasteiger partial charge in [0.25, 0.3) is 5.69 Å². The van der Waals surface area contributed by atoms with Crippen LogP contribution < -0.4 is 0 Å². The first-order valence-corrected chi connectivity index (χ1v) is 9.60. The number of likely N-dealkylation sites (tertiary alicyclic amines) is 1. The number of hydrogen-bond donors (Lipinski definition) is 1. The number of carbonyl (C=O) groups is 3. The van der Waals surface area contributed by atoms with Crippen molar-refractivity contribution in [3.63, 3.8) is 0 Å². The van der Waals surface area contributed by atoms with Gasteiger partial charge < -0.3 is 10.0 Å². The van der Waals surface area contributed by atoms with Crippen molar-refractivity contribution in [3.05, 3.63) is 39.9 Å². The van der Waals surface area contributed by atoms with E-state index in [4.69, 9.17) is 0 Å². The van der Waals surface area contributed by atoms with E-state index in [0.29, 0.717) is 37.7 Å². The number of benzene rings is 1.